The Morgan fingerprint density at radius 3 is 2.46 bits per heavy atom. The van der Waals surface area contributed by atoms with Crippen LogP contribution in [0.4, 0.5) is 0 Å². The van der Waals surface area contributed by atoms with Crippen LogP contribution < -0.4 is 26.6 Å². The fourth-order valence-electron chi connectivity index (χ4n) is 8.27. The normalized spacial score (nSPS) is 26.7. The van der Waals surface area contributed by atoms with Crippen molar-refractivity contribution in [1.82, 2.24) is 26.6 Å². The van der Waals surface area contributed by atoms with Crippen LogP contribution >= 0.6 is 0 Å². The third-order valence-corrected chi connectivity index (χ3v) is 11.8. The van der Waals surface area contributed by atoms with Crippen LogP contribution in [0, 0.1) is 17.3 Å². The van der Waals surface area contributed by atoms with Crippen molar-refractivity contribution in [3.8, 4) is 11.1 Å². The van der Waals surface area contributed by atoms with Gasteiger partial charge in [0, 0.05) is 23.6 Å². The van der Waals surface area contributed by atoms with Crippen LogP contribution in [0.3, 0.4) is 0 Å². The lowest BCUT2D eigenvalue weighted by molar-refractivity contribution is -0.150. The minimum atomic E-state index is -0.735. The molecule has 2 heterocycles. The highest BCUT2D eigenvalue weighted by Crippen LogP contribution is 2.61. The van der Waals surface area contributed by atoms with E-state index in [-0.39, 0.29) is 61.5 Å². The van der Waals surface area contributed by atoms with E-state index in [1.807, 2.05) is 24.3 Å². The second-order valence-corrected chi connectivity index (χ2v) is 16.0. The number of carbonyl (C=O) groups is 3. The summed E-state index contributed by atoms with van der Waals surface area (Å²) in [6, 6.07) is 14.8. The number of hydrogen-bond acceptors (Lipinski definition) is 8. The summed E-state index contributed by atoms with van der Waals surface area (Å²) in [4.78, 5) is 39.5. The second-order valence-electron chi connectivity index (χ2n) is 16.0. The topological polar surface area (TPSA) is 139 Å². The van der Waals surface area contributed by atoms with Crippen LogP contribution in [-0.2, 0) is 30.1 Å². The monoisotopic (exact) mass is 739 g/mol. The minimum absolute atomic E-state index is 0.0976. The summed E-state index contributed by atoms with van der Waals surface area (Å²) in [5.74, 6) is 0.478. The third kappa shape index (κ3) is 9.75. The molecule has 2 aromatic carbocycles. The number of ether oxygens (including phenoxy) is 1. The van der Waals surface area contributed by atoms with Gasteiger partial charge in [0.2, 0.25) is 11.8 Å². The number of rotatable bonds is 12. The lowest BCUT2D eigenvalue weighted by Crippen LogP contribution is -2.59. The molecule has 3 aliphatic carbocycles. The Labute approximate surface area is 321 Å². The number of hydrogen-bond donors (Lipinski definition) is 5. The molecule has 3 amide bonds. The van der Waals surface area contributed by atoms with Crippen molar-refractivity contribution in [1.29, 1.82) is 0 Å². The van der Waals surface area contributed by atoms with Crippen LogP contribution in [-0.4, -0.2) is 81.9 Å². The fraction of sp³-hybridized carbons (Fsp3) is 0.548. The molecule has 0 radical (unpaired) electrons. The zero-order valence-corrected chi connectivity index (χ0v) is 32.2. The molecule has 5 N–H and O–H groups in total. The SMILES string of the molecule is C=C1CNC(=O)C(NC(=C)CNC(=O)c2ccc(-c3ccc(CCCC)cc3)cc2)COCCCCC(C(=O)NCB2OC3CC4CC(C3O2)C4(C)C)N1. The third-order valence-electron chi connectivity index (χ3n) is 11.8. The highest BCUT2D eigenvalue weighted by atomic mass is 16.7. The first-order valence-electron chi connectivity index (χ1n) is 19.8. The minimum Gasteiger partial charge on any atom is -0.405 e. The standard InChI is InChI=1S/C42H58BN5O6/c1-6-7-10-29-12-14-30(15-13-29)31-16-18-32(19-17-31)39(49)44-23-28(3)48-36-25-52-20-9-8-11-35(47-27(2)24-45-41(36)51)40(50)46-26-43-53-37-22-33-21-34(38(37)54-43)42(33,4)5/h12-19,33-38,47-48H,2-3,6-11,20-26H2,1,4-5H3,(H,44,49)(H,45,51)(H,46,50). The number of nitrogens with one attached hydrogen (secondary N) is 5. The van der Waals surface area contributed by atoms with E-state index in [0.717, 1.165) is 30.4 Å². The molecule has 290 valence electrons. The van der Waals surface area contributed by atoms with Gasteiger partial charge in [-0.05, 0) is 91.0 Å². The van der Waals surface area contributed by atoms with E-state index in [9.17, 15) is 14.4 Å². The molecule has 0 aromatic heterocycles. The molecule has 2 bridgehead atoms. The Kier molecular flexibility index (Phi) is 13.2. The maximum absolute atomic E-state index is 13.3. The first-order valence-corrected chi connectivity index (χ1v) is 19.8. The zero-order chi connectivity index (χ0) is 38.2. The van der Waals surface area contributed by atoms with Gasteiger partial charge in [-0.3, -0.25) is 14.4 Å². The molecule has 2 aromatic rings. The summed E-state index contributed by atoms with van der Waals surface area (Å²) >= 11 is 0. The molecule has 6 unspecified atom stereocenters. The van der Waals surface area contributed by atoms with Crippen molar-refractivity contribution in [3.05, 3.63) is 84.2 Å². The van der Waals surface area contributed by atoms with Crippen molar-refractivity contribution < 1.29 is 28.4 Å². The molecular formula is C42H58BN5O6. The Morgan fingerprint density at radius 2 is 1.74 bits per heavy atom. The van der Waals surface area contributed by atoms with Gasteiger partial charge < -0.3 is 40.6 Å². The molecule has 3 saturated carbocycles. The first kappa shape index (κ1) is 39.6. The van der Waals surface area contributed by atoms with Gasteiger partial charge in [0.15, 0.2) is 0 Å². The van der Waals surface area contributed by atoms with Gasteiger partial charge in [0.1, 0.15) is 12.1 Å². The Balaban J connectivity index is 0.931. The van der Waals surface area contributed by atoms with E-state index in [2.05, 4.69) is 84.8 Å². The van der Waals surface area contributed by atoms with E-state index in [4.69, 9.17) is 14.0 Å². The summed E-state index contributed by atoms with van der Waals surface area (Å²) in [5, 5.41) is 15.1. The maximum Gasteiger partial charge on any atom is 0.478 e. The van der Waals surface area contributed by atoms with Gasteiger partial charge in [-0.15, -0.1) is 0 Å². The van der Waals surface area contributed by atoms with E-state index < -0.39 is 19.2 Å². The molecular weight excluding hydrogens is 681 g/mol. The summed E-state index contributed by atoms with van der Waals surface area (Å²) in [7, 11) is -0.451. The Bertz CT molecular complexity index is 1650. The van der Waals surface area contributed by atoms with E-state index >= 15 is 0 Å². The van der Waals surface area contributed by atoms with Gasteiger partial charge in [0.25, 0.3) is 5.91 Å². The van der Waals surface area contributed by atoms with Gasteiger partial charge in [-0.1, -0.05) is 76.7 Å². The van der Waals surface area contributed by atoms with Crippen molar-refractivity contribution in [2.24, 2.45) is 17.3 Å². The van der Waals surface area contributed by atoms with Gasteiger partial charge in [0.05, 0.1) is 38.3 Å². The van der Waals surface area contributed by atoms with Crippen LogP contribution in [0.25, 0.3) is 11.1 Å². The van der Waals surface area contributed by atoms with E-state index in [1.54, 1.807) is 0 Å². The molecule has 12 heteroatoms. The van der Waals surface area contributed by atoms with E-state index in [1.165, 1.54) is 24.8 Å². The average Bonchev–Trinajstić information content (AvgIpc) is 3.61. The largest absolute Gasteiger partial charge is 0.478 e. The number of unbranched alkanes of at least 4 members (excludes halogenated alkanes) is 1. The number of aryl methyl sites for hydroxylation is 1. The highest BCUT2D eigenvalue weighted by molar-refractivity contribution is 6.45. The molecule has 5 aliphatic rings. The summed E-state index contributed by atoms with van der Waals surface area (Å²) < 4.78 is 18.4. The van der Waals surface area contributed by atoms with Crippen molar-refractivity contribution >= 4 is 24.8 Å². The van der Waals surface area contributed by atoms with Gasteiger partial charge in [-0.2, -0.15) is 0 Å². The Hall–Kier alpha value is -4.13. The van der Waals surface area contributed by atoms with Crippen molar-refractivity contribution in [2.45, 2.75) is 96.4 Å². The first-order chi connectivity index (χ1) is 26.0. The van der Waals surface area contributed by atoms with Crippen LogP contribution in [0.15, 0.2) is 73.1 Å². The van der Waals surface area contributed by atoms with Crippen LogP contribution in [0.1, 0.15) is 81.6 Å². The summed E-state index contributed by atoms with van der Waals surface area (Å²) in [6.07, 6.45) is 8.16. The fourth-order valence-corrected chi connectivity index (χ4v) is 8.27. The molecule has 54 heavy (non-hydrogen) atoms. The Morgan fingerprint density at radius 1 is 1.00 bits per heavy atom. The summed E-state index contributed by atoms with van der Waals surface area (Å²) in [6.45, 7) is 15.8. The van der Waals surface area contributed by atoms with E-state index in [0.29, 0.717) is 48.2 Å². The molecule has 2 aliphatic heterocycles. The number of carbonyl (C=O) groups excluding carboxylic acids is 3. The molecule has 6 atom stereocenters. The maximum atomic E-state index is 13.3. The molecule has 11 nitrogen and oxygen atoms in total. The zero-order valence-electron chi connectivity index (χ0n) is 32.2. The van der Waals surface area contributed by atoms with Crippen molar-refractivity contribution in [2.75, 3.05) is 32.7 Å². The lowest BCUT2D eigenvalue weighted by atomic mass is 9.47. The smallest absolute Gasteiger partial charge is 0.405 e. The van der Waals surface area contributed by atoms with Gasteiger partial charge >= 0.3 is 7.12 Å². The molecule has 5 fully saturated rings. The predicted octanol–water partition coefficient (Wildman–Crippen LogP) is 4.68. The molecule has 2 saturated heterocycles. The molecule has 7 rings (SSSR count). The number of amides is 3. The number of benzene rings is 2. The second kappa shape index (κ2) is 18.0. The molecule has 0 spiro atoms. The lowest BCUT2D eigenvalue weighted by Gasteiger charge is -2.60. The van der Waals surface area contributed by atoms with Crippen LogP contribution in [0.2, 0.25) is 0 Å². The summed E-state index contributed by atoms with van der Waals surface area (Å²) in [5.41, 5.74) is 5.29. The predicted molar refractivity (Wildman–Crippen MR) is 211 cm³/mol. The van der Waals surface area contributed by atoms with Crippen molar-refractivity contribution in [3.63, 3.8) is 0 Å². The highest BCUT2D eigenvalue weighted by Gasteiger charge is 2.61. The average molecular weight is 740 g/mol. The van der Waals surface area contributed by atoms with Crippen LogP contribution in [0.5, 0.6) is 0 Å². The van der Waals surface area contributed by atoms with Gasteiger partial charge in [-0.25, -0.2) is 0 Å². The quantitative estimate of drug-likeness (QED) is 0.198.